The maximum Gasteiger partial charge on any atom is 0.248 e. The monoisotopic (exact) mass is 289 g/mol. The van der Waals surface area contributed by atoms with Crippen LogP contribution in [0.2, 0.25) is 0 Å². The first-order valence-electron chi connectivity index (χ1n) is 6.91. The van der Waals surface area contributed by atoms with Gasteiger partial charge in [0.1, 0.15) is 0 Å². The molecule has 4 heteroatoms. The molecule has 1 heterocycles. The second-order valence-corrected chi connectivity index (χ2v) is 4.86. The van der Waals surface area contributed by atoms with Gasteiger partial charge >= 0.3 is 0 Å². The van der Waals surface area contributed by atoms with E-state index in [9.17, 15) is 4.79 Å². The van der Waals surface area contributed by atoms with Gasteiger partial charge in [-0.3, -0.25) is 9.78 Å². The Hall–Kier alpha value is -3.14. The first-order chi connectivity index (χ1) is 10.7. The number of nitrogens with two attached hydrogens (primary N) is 1. The molecule has 0 unspecified atom stereocenters. The van der Waals surface area contributed by atoms with Crippen LogP contribution in [0.5, 0.6) is 0 Å². The number of pyridine rings is 1. The summed E-state index contributed by atoms with van der Waals surface area (Å²) in [5, 5.41) is 3.25. The van der Waals surface area contributed by atoms with Gasteiger partial charge in [-0.05, 0) is 42.5 Å². The summed E-state index contributed by atoms with van der Waals surface area (Å²) in [6, 6.07) is 20.9. The number of carbonyl (C=O) groups is 1. The molecule has 1 amide bonds. The third kappa shape index (κ3) is 3.12. The number of carbonyl (C=O) groups excluding carboxylic acids is 1. The zero-order valence-electron chi connectivity index (χ0n) is 11.9. The number of amides is 1. The minimum Gasteiger partial charge on any atom is -0.366 e. The summed E-state index contributed by atoms with van der Waals surface area (Å²) in [4.78, 5) is 15.5. The molecule has 108 valence electrons. The van der Waals surface area contributed by atoms with E-state index in [1.54, 1.807) is 24.4 Å². The summed E-state index contributed by atoms with van der Waals surface area (Å²) >= 11 is 0. The highest BCUT2D eigenvalue weighted by Crippen LogP contribution is 2.22. The zero-order valence-corrected chi connectivity index (χ0v) is 11.9. The molecule has 0 bridgehead atoms. The lowest BCUT2D eigenvalue weighted by atomic mass is 10.1. The Morgan fingerprint density at radius 3 is 2.41 bits per heavy atom. The number of anilines is 2. The molecule has 2 aromatic carbocycles. The number of benzene rings is 2. The van der Waals surface area contributed by atoms with Crippen molar-refractivity contribution in [1.82, 2.24) is 4.98 Å². The van der Waals surface area contributed by atoms with Crippen molar-refractivity contribution in [3.8, 4) is 11.3 Å². The Balaban J connectivity index is 1.79. The van der Waals surface area contributed by atoms with Gasteiger partial charge < -0.3 is 11.1 Å². The van der Waals surface area contributed by atoms with E-state index >= 15 is 0 Å². The highest BCUT2D eigenvalue weighted by molar-refractivity contribution is 5.93. The van der Waals surface area contributed by atoms with Crippen molar-refractivity contribution < 1.29 is 4.79 Å². The molecule has 0 fully saturated rings. The average Bonchev–Trinajstić information content (AvgIpc) is 2.56. The number of hydrogen-bond donors (Lipinski definition) is 2. The van der Waals surface area contributed by atoms with E-state index in [-0.39, 0.29) is 0 Å². The van der Waals surface area contributed by atoms with Gasteiger partial charge in [-0.1, -0.05) is 24.3 Å². The minimum absolute atomic E-state index is 0.436. The highest BCUT2D eigenvalue weighted by Gasteiger charge is 2.02. The summed E-state index contributed by atoms with van der Waals surface area (Å²) in [5.41, 5.74) is 9.51. The van der Waals surface area contributed by atoms with Gasteiger partial charge in [-0.15, -0.1) is 0 Å². The standard InChI is InChI=1S/C18H15N3O/c19-18(22)14-4-3-5-16(12-14)21-15-9-7-13(8-10-15)17-6-1-2-11-20-17/h1-12,21H,(H2,19,22). The van der Waals surface area contributed by atoms with E-state index in [0.29, 0.717) is 5.56 Å². The van der Waals surface area contributed by atoms with Crippen LogP contribution < -0.4 is 11.1 Å². The number of primary amides is 1. The molecule has 4 nitrogen and oxygen atoms in total. The number of aromatic nitrogens is 1. The molecule has 0 saturated carbocycles. The number of nitrogens with zero attached hydrogens (tertiary/aromatic N) is 1. The van der Waals surface area contributed by atoms with Gasteiger partial charge in [0.05, 0.1) is 5.69 Å². The Bertz CT molecular complexity index is 783. The number of hydrogen-bond acceptors (Lipinski definition) is 3. The maximum atomic E-state index is 11.2. The Labute approximate surface area is 128 Å². The number of rotatable bonds is 4. The van der Waals surface area contributed by atoms with Gasteiger partial charge in [0, 0.05) is 28.7 Å². The second kappa shape index (κ2) is 6.10. The third-order valence-corrected chi connectivity index (χ3v) is 3.28. The van der Waals surface area contributed by atoms with E-state index in [4.69, 9.17) is 5.73 Å². The van der Waals surface area contributed by atoms with Crippen molar-refractivity contribution in [2.75, 3.05) is 5.32 Å². The molecule has 3 N–H and O–H groups in total. The Kier molecular flexibility index (Phi) is 3.83. The Morgan fingerprint density at radius 2 is 1.73 bits per heavy atom. The topological polar surface area (TPSA) is 68.0 Å². The minimum atomic E-state index is -0.436. The van der Waals surface area contributed by atoms with Crippen molar-refractivity contribution >= 4 is 17.3 Å². The van der Waals surface area contributed by atoms with Crippen LogP contribution in [0, 0.1) is 0 Å². The number of nitrogens with one attached hydrogen (secondary N) is 1. The normalized spacial score (nSPS) is 10.2. The van der Waals surface area contributed by atoms with Crippen molar-refractivity contribution in [1.29, 1.82) is 0 Å². The van der Waals surface area contributed by atoms with Crippen LogP contribution >= 0.6 is 0 Å². The fourth-order valence-electron chi connectivity index (χ4n) is 2.17. The first kappa shape index (κ1) is 13.8. The van der Waals surface area contributed by atoms with Gasteiger partial charge in [-0.2, -0.15) is 0 Å². The maximum absolute atomic E-state index is 11.2. The van der Waals surface area contributed by atoms with Crippen LogP contribution in [0.3, 0.4) is 0 Å². The lowest BCUT2D eigenvalue weighted by Gasteiger charge is -2.08. The third-order valence-electron chi connectivity index (χ3n) is 3.28. The molecular weight excluding hydrogens is 274 g/mol. The molecule has 0 saturated heterocycles. The fraction of sp³-hybridized carbons (Fsp3) is 0. The second-order valence-electron chi connectivity index (χ2n) is 4.86. The van der Waals surface area contributed by atoms with Gasteiger partial charge in [0.2, 0.25) is 5.91 Å². The quantitative estimate of drug-likeness (QED) is 0.771. The fourth-order valence-corrected chi connectivity index (χ4v) is 2.17. The summed E-state index contributed by atoms with van der Waals surface area (Å²) in [6.45, 7) is 0. The smallest absolute Gasteiger partial charge is 0.248 e. The summed E-state index contributed by atoms with van der Waals surface area (Å²) in [6.07, 6.45) is 1.77. The van der Waals surface area contributed by atoms with Crippen molar-refractivity contribution in [3.63, 3.8) is 0 Å². The van der Waals surface area contributed by atoms with Crippen LogP contribution in [0.15, 0.2) is 72.9 Å². The molecular formula is C18H15N3O. The lowest BCUT2D eigenvalue weighted by Crippen LogP contribution is -2.10. The van der Waals surface area contributed by atoms with Crippen LogP contribution in [0.1, 0.15) is 10.4 Å². The Morgan fingerprint density at radius 1 is 0.909 bits per heavy atom. The lowest BCUT2D eigenvalue weighted by molar-refractivity contribution is 0.100. The molecule has 0 atom stereocenters. The zero-order chi connectivity index (χ0) is 15.4. The highest BCUT2D eigenvalue weighted by atomic mass is 16.1. The molecule has 0 spiro atoms. The molecule has 22 heavy (non-hydrogen) atoms. The summed E-state index contributed by atoms with van der Waals surface area (Å²) < 4.78 is 0. The molecule has 0 aliphatic heterocycles. The predicted molar refractivity (Wildman–Crippen MR) is 87.9 cm³/mol. The molecule has 0 radical (unpaired) electrons. The van der Waals surface area contributed by atoms with E-state index in [1.165, 1.54) is 0 Å². The van der Waals surface area contributed by atoms with E-state index in [0.717, 1.165) is 22.6 Å². The average molecular weight is 289 g/mol. The van der Waals surface area contributed by atoms with Crippen LogP contribution in [-0.2, 0) is 0 Å². The SMILES string of the molecule is NC(=O)c1cccc(Nc2ccc(-c3ccccn3)cc2)c1. The van der Waals surface area contributed by atoms with E-state index in [2.05, 4.69) is 10.3 Å². The van der Waals surface area contributed by atoms with Crippen LogP contribution in [-0.4, -0.2) is 10.9 Å². The molecule has 0 aliphatic rings. The van der Waals surface area contributed by atoms with Gasteiger partial charge in [-0.25, -0.2) is 0 Å². The first-order valence-corrected chi connectivity index (χ1v) is 6.91. The van der Waals surface area contributed by atoms with E-state index in [1.807, 2.05) is 48.5 Å². The summed E-state index contributed by atoms with van der Waals surface area (Å²) in [5.74, 6) is -0.436. The molecule has 1 aromatic heterocycles. The van der Waals surface area contributed by atoms with Crippen molar-refractivity contribution in [3.05, 3.63) is 78.5 Å². The van der Waals surface area contributed by atoms with Gasteiger partial charge in [0.15, 0.2) is 0 Å². The molecule has 3 aromatic rings. The van der Waals surface area contributed by atoms with Crippen molar-refractivity contribution in [2.45, 2.75) is 0 Å². The van der Waals surface area contributed by atoms with E-state index < -0.39 is 5.91 Å². The molecule has 3 rings (SSSR count). The van der Waals surface area contributed by atoms with Crippen LogP contribution in [0.4, 0.5) is 11.4 Å². The van der Waals surface area contributed by atoms with Crippen LogP contribution in [0.25, 0.3) is 11.3 Å². The van der Waals surface area contributed by atoms with Crippen molar-refractivity contribution in [2.24, 2.45) is 5.73 Å². The van der Waals surface area contributed by atoms with Gasteiger partial charge in [0.25, 0.3) is 0 Å². The summed E-state index contributed by atoms with van der Waals surface area (Å²) in [7, 11) is 0. The molecule has 0 aliphatic carbocycles. The largest absolute Gasteiger partial charge is 0.366 e. The predicted octanol–water partition coefficient (Wildman–Crippen LogP) is 3.59.